The maximum atomic E-state index is 6.94. The summed E-state index contributed by atoms with van der Waals surface area (Å²) in [6.45, 7) is 12.0. The third kappa shape index (κ3) is 4.75. The van der Waals surface area contributed by atoms with Gasteiger partial charge >= 0.3 is 0 Å². The SMILES string of the molecule is [C-]#[N+]c1cnc(Nc2cc(-c3ccc(OC[C@H]4CCCN4CC)cc3OC)[nH]n2)cn1. The number of anilines is 2. The number of likely N-dealkylation sites (tertiary alicyclic amines) is 1. The largest absolute Gasteiger partial charge is 0.496 e. The lowest BCUT2D eigenvalue weighted by molar-refractivity contribution is 0.178. The van der Waals surface area contributed by atoms with Gasteiger partial charge in [0.2, 0.25) is 0 Å². The molecule has 0 spiro atoms. The van der Waals surface area contributed by atoms with E-state index in [-0.39, 0.29) is 5.82 Å². The molecule has 3 aromatic rings. The lowest BCUT2D eigenvalue weighted by atomic mass is 10.1. The summed E-state index contributed by atoms with van der Waals surface area (Å²) in [6.07, 6.45) is 5.32. The smallest absolute Gasteiger partial charge is 0.288 e. The number of likely N-dealkylation sites (N-methyl/N-ethyl adjacent to an activating group) is 1. The zero-order valence-electron chi connectivity index (χ0n) is 17.6. The first-order chi connectivity index (χ1) is 15.2. The summed E-state index contributed by atoms with van der Waals surface area (Å²) < 4.78 is 11.7. The number of hydrogen-bond donors (Lipinski definition) is 2. The van der Waals surface area contributed by atoms with E-state index in [1.807, 2.05) is 24.3 Å². The maximum Gasteiger partial charge on any atom is 0.288 e. The molecule has 1 aliphatic heterocycles. The summed E-state index contributed by atoms with van der Waals surface area (Å²) in [7, 11) is 1.64. The van der Waals surface area contributed by atoms with Crippen LogP contribution >= 0.6 is 0 Å². The fraction of sp³-hybridized carbons (Fsp3) is 0.364. The van der Waals surface area contributed by atoms with Gasteiger partial charge in [-0.1, -0.05) is 13.5 Å². The van der Waals surface area contributed by atoms with Crippen molar-refractivity contribution in [2.75, 3.05) is 32.1 Å². The molecule has 3 heterocycles. The highest BCUT2D eigenvalue weighted by atomic mass is 16.5. The van der Waals surface area contributed by atoms with Crippen LogP contribution in [-0.2, 0) is 0 Å². The van der Waals surface area contributed by atoms with E-state index in [0.29, 0.717) is 30.0 Å². The van der Waals surface area contributed by atoms with Crippen molar-refractivity contribution in [2.24, 2.45) is 0 Å². The van der Waals surface area contributed by atoms with Gasteiger partial charge in [0, 0.05) is 23.7 Å². The zero-order valence-corrected chi connectivity index (χ0v) is 17.6. The number of methoxy groups -OCH3 is 1. The second kappa shape index (κ2) is 9.45. The summed E-state index contributed by atoms with van der Waals surface area (Å²) in [5.41, 5.74) is 1.67. The van der Waals surface area contributed by atoms with E-state index >= 15 is 0 Å². The second-order valence-electron chi connectivity index (χ2n) is 7.26. The Morgan fingerprint density at radius 1 is 1.26 bits per heavy atom. The van der Waals surface area contributed by atoms with E-state index < -0.39 is 0 Å². The van der Waals surface area contributed by atoms with Crippen molar-refractivity contribution in [3.8, 4) is 22.8 Å². The molecule has 2 aromatic heterocycles. The Hall–Kier alpha value is -3.64. The average molecular weight is 419 g/mol. The molecule has 1 atom stereocenters. The van der Waals surface area contributed by atoms with Crippen LogP contribution in [0.4, 0.5) is 17.5 Å². The van der Waals surface area contributed by atoms with Gasteiger partial charge in [-0.2, -0.15) is 5.10 Å². The number of ether oxygens (including phenoxy) is 2. The fourth-order valence-electron chi connectivity index (χ4n) is 3.77. The van der Waals surface area contributed by atoms with E-state index in [1.165, 1.54) is 25.2 Å². The highest BCUT2D eigenvalue weighted by Gasteiger charge is 2.23. The first-order valence-electron chi connectivity index (χ1n) is 10.3. The Bertz CT molecular complexity index is 1060. The van der Waals surface area contributed by atoms with Gasteiger partial charge in [-0.25, -0.2) is 4.98 Å². The minimum absolute atomic E-state index is 0.246. The fourth-order valence-corrected chi connectivity index (χ4v) is 3.77. The molecule has 1 saturated heterocycles. The van der Waals surface area contributed by atoms with E-state index in [0.717, 1.165) is 30.1 Å². The van der Waals surface area contributed by atoms with Crippen molar-refractivity contribution in [3.63, 3.8) is 0 Å². The highest BCUT2D eigenvalue weighted by molar-refractivity contribution is 5.71. The van der Waals surface area contributed by atoms with Crippen molar-refractivity contribution in [3.05, 3.63) is 48.1 Å². The first-order valence-corrected chi connectivity index (χ1v) is 10.3. The van der Waals surface area contributed by atoms with Crippen molar-refractivity contribution >= 4 is 17.5 Å². The maximum absolute atomic E-state index is 6.94. The Balaban J connectivity index is 1.45. The lowest BCUT2D eigenvalue weighted by Gasteiger charge is -2.23. The number of aromatic nitrogens is 4. The van der Waals surface area contributed by atoms with Crippen LogP contribution in [0.1, 0.15) is 19.8 Å². The Kier molecular flexibility index (Phi) is 6.29. The number of rotatable bonds is 8. The molecule has 0 unspecified atom stereocenters. The second-order valence-corrected chi connectivity index (χ2v) is 7.26. The lowest BCUT2D eigenvalue weighted by Crippen LogP contribution is -2.33. The zero-order chi connectivity index (χ0) is 21.6. The number of benzene rings is 1. The van der Waals surface area contributed by atoms with E-state index in [1.54, 1.807) is 7.11 Å². The summed E-state index contributed by atoms with van der Waals surface area (Å²) in [6, 6.07) is 8.15. The van der Waals surface area contributed by atoms with Crippen LogP contribution in [0.15, 0.2) is 36.7 Å². The summed E-state index contributed by atoms with van der Waals surface area (Å²) >= 11 is 0. The molecule has 4 rings (SSSR count). The minimum Gasteiger partial charge on any atom is -0.496 e. The predicted octanol–water partition coefficient (Wildman–Crippen LogP) is 4.03. The molecule has 0 radical (unpaired) electrons. The molecular weight excluding hydrogens is 394 g/mol. The number of H-pyrrole nitrogens is 1. The van der Waals surface area contributed by atoms with E-state index in [4.69, 9.17) is 16.0 Å². The van der Waals surface area contributed by atoms with Crippen molar-refractivity contribution in [1.29, 1.82) is 0 Å². The van der Waals surface area contributed by atoms with Gasteiger partial charge in [0.1, 0.15) is 18.1 Å². The number of nitrogens with zero attached hydrogens (tertiary/aromatic N) is 5. The molecule has 1 aliphatic rings. The molecule has 1 aromatic carbocycles. The monoisotopic (exact) mass is 419 g/mol. The molecule has 0 bridgehead atoms. The van der Waals surface area contributed by atoms with Crippen LogP contribution in [0, 0.1) is 6.57 Å². The number of nitrogens with one attached hydrogen (secondary N) is 2. The molecule has 160 valence electrons. The van der Waals surface area contributed by atoms with Crippen molar-refractivity contribution in [1.82, 2.24) is 25.1 Å². The Morgan fingerprint density at radius 3 is 2.90 bits per heavy atom. The van der Waals surface area contributed by atoms with Crippen molar-refractivity contribution in [2.45, 2.75) is 25.8 Å². The van der Waals surface area contributed by atoms with Gasteiger partial charge in [0.15, 0.2) is 17.8 Å². The van der Waals surface area contributed by atoms with Gasteiger partial charge in [-0.3, -0.25) is 10.00 Å². The van der Waals surface area contributed by atoms with E-state index in [9.17, 15) is 0 Å². The van der Waals surface area contributed by atoms with Crippen LogP contribution in [0.5, 0.6) is 11.5 Å². The average Bonchev–Trinajstić information content (AvgIpc) is 3.47. The molecule has 0 saturated carbocycles. The molecule has 9 heteroatoms. The third-order valence-corrected chi connectivity index (χ3v) is 5.40. The predicted molar refractivity (Wildman–Crippen MR) is 118 cm³/mol. The van der Waals surface area contributed by atoms with Crippen LogP contribution in [0.3, 0.4) is 0 Å². The quantitative estimate of drug-likeness (QED) is 0.533. The molecule has 0 amide bonds. The summed E-state index contributed by atoms with van der Waals surface area (Å²) in [5.74, 6) is 2.83. The Labute approximate surface area is 181 Å². The molecular formula is C22H25N7O2. The highest BCUT2D eigenvalue weighted by Crippen LogP contribution is 2.34. The minimum atomic E-state index is 0.246. The van der Waals surface area contributed by atoms with Crippen LogP contribution < -0.4 is 14.8 Å². The van der Waals surface area contributed by atoms with Gasteiger partial charge < -0.3 is 19.6 Å². The first kappa shape index (κ1) is 20.6. The number of hydrogen-bond acceptors (Lipinski definition) is 7. The third-order valence-electron chi connectivity index (χ3n) is 5.40. The van der Waals surface area contributed by atoms with Gasteiger partial charge in [0.25, 0.3) is 5.82 Å². The van der Waals surface area contributed by atoms with Crippen LogP contribution in [0.25, 0.3) is 16.1 Å². The van der Waals surface area contributed by atoms with Crippen LogP contribution in [-0.4, -0.2) is 57.9 Å². The van der Waals surface area contributed by atoms with Gasteiger partial charge in [-0.15, -0.1) is 4.98 Å². The molecule has 1 fully saturated rings. The van der Waals surface area contributed by atoms with E-state index in [2.05, 4.69) is 42.2 Å². The summed E-state index contributed by atoms with van der Waals surface area (Å²) in [5, 5.41) is 10.4. The molecule has 31 heavy (non-hydrogen) atoms. The Morgan fingerprint density at radius 2 is 2.16 bits per heavy atom. The van der Waals surface area contributed by atoms with Crippen LogP contribution in [0.2, 0.25) is 0 Å². The molecule has 0 aliphatic carbocycles. The standard InChI is InChI=1S/C22H25N7O2/c1-4-29-9-5-6-15(29)14-31-16-7-8-17(19(10-16)30-3)18-11-20(28-27-18)26-22-13-24-21(23-2)12-25-22/h7-8,10-13,15H,4-6,9,14H2,1,3H3,(H2,25,26,27,28)/t15-/m1/s1. The number of aromatic amines is 1. The molecule has 2 N–H and O–H groups in total. The topological polar surface area (TPSA) is 92.6 Å². The van der Waals surface area contributed by atoms with Gasteiger partial charge in [0.05, 0.1) is 19.0 Å². The normalized spacial score (nSPS) is 16.1. The molecule has 9 nitrogen and oxygen atoms in total. The summed E-state index contributed by atoms with van der Waals surface area (Å²) in [4.78, 5) is 13.8. The van der Waals surface area contributed by atoms with Crippen molar-refractivity contribution < 1.29 is 9.47 Å². The van der Waals surface area contributed by atoms with Gasteiger partial charge in [-0.05, 0) is 38.1 Å².